The highest BCUT2D eigenvalue weighted by atomic mass is 16.2. The van der Waals surface area contributed by atoms with Gasteiger partial charge in [-0.05, 0) is 31.2 Å². The Morgan fingerprint density at radius 3 is 2.14 bits per heavy atom. The molecule has 0 bridgehead atoms. The number of imide groups is 1. The Labute approximate surface area is 166 Å². The fraction of sp³-hybridized carbons (Fsp3) is 0.0909. The van der Waals surface area contributed by atoms with E-state index in [9.17, 15) is 19.2 Å². The van der Waals surface area contributed by atoms with E-state index in [0.29, 0.717) is 17.1 Å². The predicted molar refractivity (Wildman–Crippen MR) is 108 cm³/mol. The predicted octanol–water partition coefficient (Wildman–Crippen LogP) is 2.67. The molecule has 0 saturated carbocycles. The number of carbonyl (C=O) groups is 3. The van der Waals surface area contributed by atoms with Crippen molar-refractivity contribution in [1.29, 1.82) is 0 Å². The van der Waals surface area contributed by atoms with E-state index in [1.54, 1.807) is 61.5 Å². The van der Waals surface area contributed by atoms with E-state index in [-0.39, 0.29) is 23.1 Å². The molecule has 7 nitrogen and oxygen atoms in total. The molecule has 3 aromatic rings. The molecule has 1 aliphatic rings. The molecule has 2 aromatic carbocycles. The zero-order chi connectivity index (χ0) is 20.5. The third kappa shape index (κ3) is 3.23. The fourth-order valence-corrected chi connectivity index (χ4v) is 3.45. The van der Waals surface area contributed by atoms with Gasteiger partial charge < -0.3 is 10.3 Å². The zero-order valence-electron chi connectivity index (χ0n) is 15.6. The van der Waals surface area contributed by atoms with Crippen molar-refractivity contribution in [3.05, 3.63) is 93.4 Å². The summed E-state index contributed by atoms with van der Waals surface area (Å²) in [7, 11) is 0. The molecular weight excluding hydrogens is 370 g/mol. The second-order valence-electron chi connectivity index (χ2n) is 6.68. The number of fused-ring (bicyclic) bond motifs is 1. The molecule has 0 unspecified atom stereocenters. The number of nitrogens with one attached hydrogen (secondary N) is 2. The van der Waals surface area contributed by atoms with Crippen LogP contribution < -0.4 is 15.8 Å². The van der Waals surface area contributed by atoms with E-state index < -0.39 is 23.3 Å². The Morgan fingerprint density at radius 1 is 0.897 bits per heavy atom. The Balaban J connectivity index is 1.74. The first-order valence-corrected chi connectivity index (χ1v) is 9.02. The monoisotopic (exact) mass is 387 g/mol. The maximum Gasteiger partial charge on any atom is 0.267 e. The van der Waals surface area contributed by atoms with Crippen LogP contribution in [0, 0.1) is 6.92 Å². The Morgan fingerprint density at radius 2 is 1.48 bits per heavy atom. The SMILES string of the molecule is Cc1[nH]c(=O)c(CC(=O)Nc2ccccc2)c2c1C(=O)N(c1ccccc1)C2=O. The second kappa shape index (κ2) is 7.20. The third-order valence-electron chi connectivity index (χ3n) is 4.75. The van der Waals surface area contributed by atoms with Crippen molar-refractivity contribution in [3.63, 3.8) is 0 Å². The smallest absolute Gasteiger partial charge is 0.267 e. The van der Waals surface area contributed by atoms with Gasteiger partial charge in [-0.3, -0.25) is 19.2 Å². The van der Waals surface area contributed by atoms with Gasteiger partial charge in [0.25, 0.3) is 17.4 Å². The number of aromatic nitrogens is 1. The topological polar surface area (TPSA) is 99.3 Å². The summed E-state index contributed by atoms with van der Waals surface area (Å²) in [5, 5.41) is 2.69. The number of amides is 3. The molecule has 2 heterocycles. The number of rotatable bonds is 4. The number of hydrogen-bond acceptors (Lipinski definition) is 4. The molecule has 0 atom stereocenters. The second-order valence-corrected chi connectivity index (χ2v) is 6.68. The van der Waals surface area contributed by atoms with Gasteiger partial charge in [-0.15, -0.1) is 0 Å². The van der Waals surface area contributed by atoms with Gasteiger partial charge in [-0.25, -0.2) is 4.90 Å². The van der Waals surface area contributed by atoms with Crippen molar-refractivity contribution in [1.82, 2.24) is 4.98 Å². The number of aromatic amines is 1. The third-order valence-corrected chi connectivity index (χ3v) is 4.75. The van der Waals surface area contributed by atoms with Crippen LogP contribution in [0.3, 0.4) is 0 Å². The van der Waals surface area contributed by atoms with Crippen LogP contribution in [-0.2, 0) is 11.2 Å². The van der Waals surface area contributed by atoms with Gasteiger partial charge in [0.1, 0.15) is 0 Å². The maximum atomic E-state index is 13.1. The Bertz CT molecular complexity index is 1180. The van der Waals surface area contributed by atoms with Crippen molar-refractivity contribution in [2.75, 3.05) is 10.2 Å². The highest BCUT2D eigenvalue weighted by Gasteiger charge is 2.41. The summed E-state index contributed by atoms with van der Waals surface area (Å²) in [4.78, 5) is 54.7. The summed E-state index contributed by atoms with van der Waals surface area (Å²) < 4.78 is 0. The lowest BCUT2D eigenvalue weighted by atomic mass is 10.0. The van der Waals surface area contributed by atoms with Crippen LogP contribution >= 0.6 is 0 Å². The molecule has 29 heavy (non-hydrogen) atoms. The van der Waals surface area contributed by atoms with E-state index in [1.165, 1.54) is 0 Å². The standard InChI is InChI=1S/C22H17N3O4/c1-13-18-19(22(29)25(21(18)28)15-10-6-3-7-11-15)16(20(27)23-13)12-17(26)24-14-8-4-2-5-9-14/h2-11H,12H2,1H3,(H,23,27)(H,24,26). The Kier molecular flexibility index (Phi) is 4.56. The largest absolute Gasteiger partial charge is 0.326 e. The first kappa shape index (κ1) is 18.4. The van der Waals surface area contributed by atoms with Crippen molar-refractivity contribution < 1.29 is 14.4 Å². The summed E-state index contributed by atoms with van der Waals surface area (Å²) in [6.07, 6.45) is -0.325. The molecule has 1 aromatic heterocycles. The molecule has 0 radical (unpaired) electrons. The van der Waals surface area contributed by atoms with Gasteiger partial charge in [0.2, 0.25) is 5.91 Å². The number of carbonyl (C=O) groups excluding carboxylic acids is 3. The summed E-state index contributed by atoms with van der Waals surface area (Å²) in [5.41, 5.74) is 0.825. The number of anilines is 2. The molecule has 0 spiro atoms. The van der Waals surface area contributed by atoms with Gasteiger partial charge in [0, 0.05) is 16.9 Å². The van der Waals surface area contributed by atoms with Crippen LogP contribution in [0.4, 0.5) is 11.4 Å². The lowest BCUT2D eigenvalue weighted by molar-refractivity contribution is -0.115. The number of aryl methyl sites for hydroxylation is 1. The van der Waals surface area contributed by atoms with Gasteiger partial charge in [-0.2, -0.15) is 0 Å². The molecule has 0 aliphatic carbocycles. The number of pyridine rings is 1. The summed E-state index contributed by atoms with van der Waals surface area (Å²) in [5.74, 6) is -1.58. The Hall–Kier alpha value is -4.00. The number of nitrogens with zero attached hydrogens (tertiary/aromatic N) is 1. The first-order chi connectivity index (χ1) is 14.0. The average molecular weight is 387 g/mol. The lowest BCUT2D eigenvalue weighted by Crippen LogP contribution is -2.30. The van der Waals surface area contributed by atoms with Gasteiger partial charge in [0.05, 0.1) is 23.2 Å². The molecule has 1 aliphatic heterocycles. The molecule has 144 valence electrons. The van der Waals surface area contributed by atoms with Crippen molar-refractivity contribution in [2.24, 2.45) is 0 Å². The summed E-state index contributed by atoms with van der Waals surface area (Å²) >= 11 is 0. The minimum Gasteiger partial charge on any atom is -0.326 e. The van der Waals surface area contributed by atoms with E-state index in [0.717, 1.165) is 4.90 Å². The number of para-hydroxylation sites is 2. The highest BCUT2D eigenvalue weighted by molar-refractivity contribution is 6.35. The normalized spacial score (nSPS) is 12.8. The van der Waals surface area contributed by atoms with Crippen molar-refractivity contribution in [2.45, 2.75) is 13.3 Å². The number of hydrogen-bond donors (Lipinski definition) is 2. The molecule has 2 N–H and O–H groups in total. The van der Waals surface area contributed by atoms with E-state index in [1.807, 2.05) is 6.07 Å². The molecular formula is C22H17N3O4. The van der Waals surface area contributed by atoms with Crippen molar-refractivity contribution >= 4 is 29.1 Å². The molecule has 0 saturated heterocycles. The number of benzene rings is 2. The summed E-state index contributed by atoms with van der Waals surface area (Å²) in [6, 6.07) is 17.3. The highest BCUT2D eigenvalue weighted by Crippen LogP contribution is 2.30. The molecule has 7 heteroatoms. The minimum absolute atomic E-state index is 0.0108. The van der Waals surface area contributed by atoms with Gasteiger partial charge in [-0.1, -0.05) is 36.4 Å². The summed E-state index contributed by atoms with van der Waals surface area (Å²) in [6.45, 7) is 1.56. The van der Waals surface area contributed by atoms with Gasteiger partial charge in [0.15, 0.2) is 0 Å². The van der Waals surface area contributed by atoms with Crippen LogP contribution in [0.25, 0.3) is 0 Å². The minimum atomic E-state index is -0.604. The molecule has 3 amide bonds. The lowest BCUT2D eigenvalue weighted by Gasteiger charge is -2.13. The van der Waals surface area contributed by atoms with Crippen LogP contribution in [0.15, 0.2) is 65.5 Å². The molecule has 4 rings (SSSR count). The zero-order valence-corrected chi connectivity index (χ0v) is 15.6. The van der Waals surface area contributed by atoms with E-state index >= 15 is 0 Å². The maximum absolute atomic E-state index is 13.1. The van der Waals surface area contributed by atoms with Crippen LogP contribution in [0.1, 0.15) is 32.0 Å². The van der Waals surface area contributed by atoms with Crippen LogP contribution in [-0.4, -0.2) is 22.7 Å². The van der Waals surface area contributed by atoms with Crippen LogP contribution in [0.2, 0.25) is 0 Å². The average Bonchev–Trinajstić information content (AvgIpc) is 2.97. The van der Waals surface area contributed by atoms with E-state index in [2.05, 4.69) is 10.3 Å². The van der Waals surface area contributed by atoms with Gasteiger partial charge >= 0.3 is 0 Å². The molecule has 0 fully saturated rings. The first-order valence-electron chi connectivity index (χ1n) is 9.02. The number of H-pyrrole nitrogens is 1. The quantitative estimate of drug-likeness (QED) is 0.672. The van der Waals surface area contributed by atoms with E-state index in [4.69, 9.17) is 0 Å². The van der Waals surface area contributed by atoms with Crippen molar-refractivity contribution in [3.8, 4) is 0 Å². The van der Waals surface area contributed by atoms with Crippen LogP contribution in [0.5, 0.6) is 0 Å². The fourth-order valence-electron chi connectivity index (χ4n) is 3.45.